The molecular formula is C25H29N2O4+. The number of carbonyl (C=O) groups is 1. The lowest BCUT2D eigenvalue weighted by Gasteiger charge is -2.25. The van der Waals surface area contributed by atoms with Crippen LogP contribution in [0.15, 0.2) is 71.3 Å². The minimum Gasteiger partial charge on any atom is -0.486 e. The molecule has 3 N–H and O–H groups in total. The van der Waals surface area contributed by atoms with Crippen LogP contribution in [0.1, 0.15) is 42.8 Å². The highest BCUT2D eigenvalue weighted by Gasteiger charge is 2.25. The van der Waals surface area contributed by atoms with Crippen molar-refractivity contribution in [2.45, 2.75) is 25.9 Å². The van der Waals surface area contributed by atoms with E-state index in [2.05, 4.69) is 19.2 Å². The average Bonchev–Trinajstić information content (AvgIpc) is 3.32. The summed E-state index contributed by atoms with van der Waals surface area (Å²) >= 11 is 0. The molecule has 1 aromatic heterocycles. The zero-order valence-electron chi connectivity index (χ0n) is 17.9. The van der Waals surface area contributed by atoms with Crippen molar-refractivity contribution < 1.29 is 24.0 Å². The van der Waals surface area contributed by atoms with Gasteiger partial charge < -0.3 is 24.5 Å². The van der Waals surface area contributed by atoms with Gasteiger partial charge in [0.05, 0.1) is 12.3 Å². The molecule has 6 nitrogen and oxygen atoms in total. The molecule has 0 radical (unpaired) electrons. The van der Waals surface area contributed by atoms with Crippen molar-refractivity contribution in [2.75, 3.05) is 19.8 Å². The van der Waals surface area contributed by atoms with E-state index in [0.29, 0.717) is 13.2 Å². The van der Waals surface area contributed by atoms with E-state index >= 15 is 0 Å². The fourth-order valence-electron chi connectivity index (χ4n) is 3.89. The van der Waals surface area contributed by atoms with Crippen molar-refractivity contribution in [1.29, 1.82) is 0 Å². The number of nitrogens with one attached hydrogen (secondary N) is 1. The fourth-order valence-corrected chi connectivity index (χ4v) is 3.89. The van der Waals surface area contributed by atoms with Crippen molar-refractivity contribution in [3.05, 3.63) is 83.8 Å². The van der Waals surface area contributed by atoms with Gasteiger partial charge in [0.25, 0.3) is 5.91 Å². The lowest BCUT2D eigenvalue weighted by molar-refractivity contribution is -0.678. The number of benzene rings is 2. The van der Waals surface area contributed by atoms with Gasteiger partial charge >= 0.3 is 0 Å². The molecular weight excluding hydrogens is 392 g/mol. The van der Waals surface area contributed by atoms with Crippen molar-refractivity contribution in [2.24, 2.45) is 5.92 Å². The predicted octanol–water partition coefficient (Wildman–Crippen LogP) is 3.22. The summed E-state index contributed by atoms with van der Waals surface area (Å²) in [7, 11) is 0. The molecule has 162 valence electrons. The summed E-state index contributed by atoms with van der Waals surface area (Å²) in [5, 5.41) is 5.20. The summed E-state index contributed by atoms with van der Waals surface area (Å²) in [4.78, 5) is 12.9. The number of amides is 1. The van der Waals surface area contributed by atoms with E-state index in [9.17, 15) is 4.79 Å². The first-order valence-electron chi connectivity index (χ1n) is 10.7. The molecule has 2 atom stereocenters. The maximum Gasteiger partial charge on any atom is 0.275 e. The number of fused-ring (bicyclic) bond motifs is 1. The summed E-state index contributed by atoms with van der Waals surface area (Å²) in [6, 6.07) is 19.6. The first kappa shape index (κ1) is 21.0. The molecule has 2 heterocycles. The third-order valence-electron chi connectivity index (χ3n) is 5.46. The Bertz CT molecular complexity index is 986. The van der Waals surface area contributed by atoms with Crippen LogP contribution < -0.4 is 20.1 Å². The van der Waals surface area contributed by atoms with Gasteiger partial charge in [-0.25, -0.2) is 0 Å². The molecule has 1 amide bonds. The smallest absolute Gasteiger partial charge is 0.275 e. The molecule has 0 fully saturated rings. The normalized spacial score (nSPS) is 14.8. The number of hydrogen-bond acceptors (Lipinski definition) is 4. The van der Waals surface area contributed by atoms with Crippen molar-refractivity contribution in [3.8, 4) is 11.5 Å². The molecule has 0 aliphatic carbocycles. The Morgan fingerprint density at radius 3 is 2.45 bits per heavy atom. The van der Waals surface area contributed by atoms with Gasteiger partial charge in [0, 0.05) is 5.56 Å². The van der Waals surface area contributed by atoms with Gasteiger partial charge in [0.2, 0.25) is 0 Å². The standard InChI is InChI=1S/C25H28N2O4/c1-17(2)24(19-10-11-20-22(15-19)31-14-13-30-20)27-23(28)16-26-25(21-9-6-12-29-21)18-7-4-3-5-8-18/h3-12,15,17,24-26H,13-14,16H2,1-2H3,(H,27,28)/p+1/t24-,25-/m1/s1. The molecule has 0 saturated heterocycles. The summed E-state index contributed by atoms with van der Waals surface area (Å²) in [6.45, 7) is 5.58. The number of hydrogen-bond donors (Lipinski definition) is 2. The van der Waals surface area contributed by atoms with Gasteiger partial charge in [0.15, 0.2) is 29.8 Å². The van der Waals surface area contributed by atoms with Crippen molar-refractivity contribution in [1.82, 2.24) is 5.32 Å². The number of quaternary nitrogens is 1. The number of ether oxygens (including phenoxy) is 2. The minimum atomic E-state index is -0.115. The van der Waals surface area contributed by atoms with Crippen LogP contribution in [-0.2, 0) is 4.79 Å². The Labute approximate surface area is 182 Å². The lowest BCUT2D eigenvalue weighted by atomic mass is 9.95. The summed E-state index contributed by atoms with van der Waals surface area (Å²) in [5.41, 5.74) is 2.11. The van der Waals surface area contributed by atoms with Gasteiger partial charge in [-0.15, -0.1) is 0 Å². The SMILES string of the molecule is CC(C)[C@@H](NC(=O)C[NH2+][C@H](c1ccccc1)c1ccco1)c1ccc2c(c1)OCCO2. The van der Waals surface area contributed by atoms with Crippen molar-refractivity contribution in [3.63, 3.8) is 0 Å². The van der Waals surface area contributed by atoms with E-state index in [1.165, 1.54) is 0 Å². The summed E-state index contributed by atoms with van der Waals surface area (Å²) in [6.07, 6.45) is 1.66. The molecule has 0 bridgehead atoms. The van der Waals surface area contributed by atoms with E-state index in [1.54, 1.807) is 6.26 Å². The third-order valence-corrected chi connectivity index (χ3v) is 5.46. The van der Waals surface area contributed by atoms with Crippen LogP contribution in [0.5, 0.6) is 11.5 Å². The number of rotatable bonds is 8. The number of nitrogens with two attached hydrogens (primary N) is 1. The van der Waals surface area contributed by atoms with Crippen LogP contribution in [-0.4, -0.2) is 25.7 Å². The highest BCUT2D eigenvalue weighted by Crippen LogP contribution is 2.34. The molecule has 1 aliphatic heterocycles. The van der Waals surface area contributed by atoms with Crippen LogP contribution >= 0.6 is 0 Å². The molecule has 3 aromatic rings. The van der Waals surface area contributed by atoms with E-state index in [0.717, 1.165) is 28.4 Å². The Morgan fingerprint density at radius 2 is 1.74 bits per heavy atom. The highest BCUT2D eigenvalue weighted by molar-refractivity contribution is 5.77. The second-order valence-electron chi connectivity index (χ2n) is 8.04. The maximum atomic E-state index is 12.9. The second-order valence-corrected chi connectivity index (χ2v) is 8.04. The molecule has 0 saturated carbocycles. The van der Waals surface area contributed by atoms with Gasteiger partial charge in [-0.2, -0.15) is 0 Å². The topological polar surface area (TPSA) is 77.3 Å². The number of carbonyl (C=O) groups excluding carboxylic acids is 1. The zero-order valence-corrected chi connectivity index (χ0v) is 17.9. The largest absolute Gasteiger partial charge is 0.486 e. The van der Waals surface area contributed by atoms with Crippen LogP contribution in [0.25, 0.3) is 0 Å². The van der Waals surface area contributed by atoms with E-state index < -0.39 is 0 Å². The molecule has 0 unspecified atom stereocenters. The third kappa shape index (κ3) is 5.09. The van der Waals surface area contributed by atoms with Gasteiger partial charge in [-0.1, -0.05) is 50.2 Å². The molecule has 31 heavy (non-hydrogen) atoms. The molecule has 2 aromatic carbocycles. The monoisotopic (exact) mass is 421 g/mol. The van der Waals surface area contributed by atoms with Crippen LogP contribution in [0.3, 0.4) is 0 Å². The molecule has 1 aliphatic rings. The van der Waals surface area contributed by atoms with E-state index in [4.69, 9.17) is 13.9 Å². The van der Waals surface area contributed by atoms with Crippen LogP contribution in [0.2, 0.25) is 0 Å². The summed E-state index contributed by atoms with van der Waals surface area (Å²) in [5.74, 6) is 2.51. The molecule has 6 heteroatoms. The minimum absolute atomic E-state index is 0.0268. The lowest BCUT2D eigenvalue weighted by Crippen LogP contribution is -2.87. The first-order valence-corrected chi connectivity index (χ1v) is 10.7. The molecule has 0 spiro atoms. The average molecular weight is 422 g/mol. The van der Waals surface area contributed by atoms with Crippen LogP contribution in [0.4, 0.5) is 0 Å². The van der Waals surface area contributed by atoms with Gasteiger partial charge in [0.1, 0.15) is 13.2 Å². The quantitative estimate of drug-likeness (QED) is 0.586. The second kappa shape index (κ2) is 9.71. The highest BCUT2D eigenvalue weighted by atomic mass is 16.6. The Kier molecular flexibility index (Phi) is 6.57. The Hall–Kier alpha value is -3.25. The maximum absolute atomic E-state index is 12.9. The van der Waals surface area contributed by atoms with E-state index in [-0.39, 0.29) is 30.5 Å². The summed E-state index contributed by atoms with van der Waals surface area (Å²) < 4.78 is 17.0. The predicted molar refractivity (Wildman–Crippen MR) is 117 cm³/mol. The zero-order chi connectivity index (χ0) is 21.6. The van der Waals surface area contributed by atoms with Crippen LogP contribution in [0, 0.1) is 5.92 Å². The Morgan fingerprint density at radius 1 is 0.968 bits per heavy atom. The van der Waals surface area contributed by atoms with Crippen molar-refractivity contribution >= 4 is 5.91 Å². The number of furan rings is 1. The fraction of sp³-hybridized carbons (Fsp3) is 0.320. The first-order chi connectivity index (χ1) is 15.1. The Balaban J connectivity index is 1.44. The van der Waals surface area contributed by atoms with E-state index in [1.807, 2.05) is 66.0 Å². The molecule has 4 rings (SSSR count). The van der Waals surface area contributed by atoms with Gasteiger partial charge in [-0.05, 0) is 35.7 Å². The van der Waals surface area contributed by atoms with Gasteiger partial charge in [-0.3, -0.25) is 4.79 Å².